The van der Waals surface area contributed by atoms with E-state index in [0.717, 1.165) is 16.0 Å². The average molecular weight is 312 g/mol. The highest BCUT2D eigenvalue weighted by molar-refractivity contribution is 7.97. The number of benzene rings is 2. The molecule has 0 spiro atoms. The Morgan fingerprint density at radius 2 is 1.45 bits per heavy atom. The Hall–Kier alpha value is -2.75. The maximum Gasteiger partial charge on any atom is 0.394 e. The van der Waals surface area contributed by atoms with E-state index >= 15 is 0 Å². The summed E-state index contributed by atoms with van der Waals surface area (Å²) in [6, 6.07) is 14.1. The van der Waals surface area contributed by atoms with E-state index in [1.807, 2.05) is 24.3 Å². The van der Waals surface area contributed by atoms with Crippen molar-refractivity contribution in [1.29, 1.82) is 0 Å². The molecular formula is C16H12N2O3S. The molecule has 22 heavy (non-hydrogen) atoms. The highest BCUT2D eigenvalue weighted by Gasteiger charge is 2.10. The van der Waals surface area contributed by atoms with Crippen LogP contribution in [0.3, 0.4) is 0 Å². The summed E-state index contributed by atoms with van der Waals surface area (Å²) in [5.74, 6) is 3.40. The minimum atomic E-state index is -1.53. The summed E-state index contributed by atoms with van der Waals surface area (Å²) in [6.45, 7) is 0. The van der Waals surface area contributed by atoms with Gasteiger partial charge in [0.05, 0.1) is 0 Å². The van der Waals surface area contributed by atoms with Gasteiger partial charge in [-0.3, -0.25) is 9.93 Å². The molecule has 0 radical (unpaired) electrons. The van der Waals surface area contributed by atoms with Crippen LogP contribution in [0.4, 0.5) is 5.69 Å². The normalized spacial score (nSPS) is 9.50. The van der Waals surface area contributed by atoms with Crippen LogP contribution in [0.2, 0.25) is 0 Å². The first-order chi connectivity index (χ1) is 10.6. The number of anilines is 1. The molecule has 0 atom stereocenters. The third-order valence-corrected chi connectivity index (χ3v) is 3.22. The molecule has 0 bridgehead atoms. The molecule has 0 saturated heterocycles. The molecule has 4 N–H and O–H groups in total. The van der Waals surface area contributed by atoms with Gasteiger partial charge in [0, 0.05) is 21.7 Å². The molecule has 6 heteroatoms. The highest BCUT2D eigenvalue weighted by Crippen LogP contribution is 2.12. The molecule has 110 valence electrons. The summed E-state index contributed by atoms with van der Waals surface area (Å²) < 4.78 is 0. The van der Waals surface area contributed by atoms with Crippen LogP contribution in [0.25, 0.3) is 0 Å². The SMILES string of the molecule is NSc1ccc(C#Cc2ccc(NC(=O)C(=O)O)cc2)cc1. The molecule has 0 aliphatic heterocycles. The zero-order valence-corrected chi connectivity index (χ0v) is 12.2. The second kappa shape index (κ2) is 7.31. The van der Waals surface area contributed by atoms with Crippen LogP contribution in [0.1, 0.15) is 11.1 Å². The van der Waals surface area contributed by atoms with Crippen LogP contribution in [0, 0.1) is 11.8 Å². The molecule has 2 aromatic carbocycles. The van der Waals surface area contributed by atoms with E-state index < -0.39 is 11.9 Å². The first kappa shape index (κ1) is 15.6. The second-order valence-electron chi connectivity index (χ2n) is 4.23. The van der Waals surface area contributed by atoms with Gasteiger partial charge in [-0.25, -0.2) is 4.79 Å². The quantitative estimate of drug-likeness (QED) is 0.448. The molecule has 0 saturated carbocycles. The zero-order valence-electron chi connectivity index (χ0n) is 11.4. The number of nitrogens with one attached hydrogen (secondary N) is 1. The average Bonchev–Trinajstić information content (AvgIpc) is 2.54. The van der Waals surface area contributed by atoms with Crippen LogP contribution >= 0.6 is 11.9 Å². The van der Waals surface area contributed by atoms with Gasteiger partial charge in [-0.2, -0.15) is 0 Å². The van der Waals surface area contributed by atoms with Crippen molar-refractivity contribution in [3.8, 4) is 11.8 Å². The third-order valence-electron chi connectivity index (χ3n) is 2.68. The number of carbonyl (C=O) groups excluding carboxylic acids is 1. The topological polar surface area (TPSA) is 92.4 Å². The number of aliphatic carboxylic acids is 1. The Bertz CT molecular complexity index is 744. The zero-order chi connectivity index (χ0) is 15.9. The number of carbonyl (C=O) groups is 2. The van der Waals surface area contributed by atoms with Gasteiger partial charge in [-0.15, -0.1) is 0 Å². The molecular weight excluding hydrogens is 300 g/mol. The van der Waals surface area contributed by atoms with Crippen LogP contribution in [-0.2, 0) is 9.59 Å². The van der Waals surface area contributed by atoms with Crippen molar-refractivity contribution >= 4 is 29.5 Å². The van der Waals surface area contributed by atoms with Gasteiger partial charge in [0.25, 0.3) is 0 Å². The van der Waals surface area contributed by atoms with Crippen LogP contribution in [-0.4, -0.2) is 17.0 Å². The summed E-state index contributed by atoms with van der Waals surface area (Å²) in [5.41, 5.74) is 2.02. The largest absolute Gasteiger partial charge is 0.474 e. The van der Waals surface area contributed by atoms with Crippen LogP contribution in [0.5, 0.6) is 0 Å². The molecule has 5 nitrogen and oxygen atoms in total. The third kappa shape index (κ3) is 4.38. The minimum absolute atomic E-state index is 0.405. The first-order valence-electron chi connectivity index (χ1n) is 6.21. The van der Waals surface area contributed by atoms with Gasteiger partial charge in [-0.05, 0) is 60.5 Å². The minimum Gasteiger partial charge on any atom is -0.474 e. The van der Waals surface area contributed by atoms with Gasteiger partial charge in [0.15, 0.2) is 0 Å². The molecule has 0 aromatic heterocycles. The van der Waals surface area contributed by atoms with Crippen molar-refractivity contribution in [3.63, 3.8) is 0 Å². The predicted octanol–water partition coefficient (Wildman–Crippen LogP) is 2.08. The fourth-order valence-electron chi connectivity index (χ4n) is 1.58. The Morgan fingerprint density at radius 1 is 0.955 bits per heavy atom. The van der Waals surface area contributed by atoms with Crippen molar-refractivity contribution in [2.75, 3.05) is 5.32 Å². The highest BCUT2D eigenvalue weighted by atomic mass is 32.2. The Balaban J connectivity index is 2.06. The number of nitrogens with two attached hydrogens (primary N) is 1. The molecule has 0 aliphatic rings. The van der Waals surface area contributed by atoms with Crippen molar-refractivity contribution < 1.29 is 14.7 Å². The summed E-state index contributed by atoms with van der Waals surface area (Å²) in [7, 11) is 0. The number of rotatable bonds is 2. The van der Waals surface area contributed by atoms with Crippen molar-refractivity contribution in [2.24, 2.45) is 5.14 Å². The monoisotopic (exact) mass is 312 g/mol. The number of amides is 1. The summed E-state index contributed by atoms with van der Waals surface area (Å²) in [5, 5.41) is 16.2. The molecule has 0 fully saturated rings. The maximum absolute atomic E-state index is 11.0. The van der Waals surface area contributed by atoms with E-state index in [0.29, 0.717) is 5.69 Å². The lowest BCUT2D eigenvalue weighted by molar-refractivity contribution is -0.147. The predicted molar refractivity (Wildman–Crippen MR) is 85.2 cm³/mol. The fourth-order valence-corrected chi connectivity index (χ4v) is 1.88. The molecule has 0 aliphatic carbocycles. The first-order valence-corrected chi connectivity index (χ1v) is 7.09. The smallest absolute Gasteiger partial charge is 0.394 e. The Kier molecular flexibility index (Phi) is 5.20. The molecule has 0 unspecified atom stereocenters. The fraction of sp³-hybridized carbons (Fsp3) is 0. The van der Waals surface area contributed by atoms with Gasteiger partial charge in [0.2, 0.25) is 0 Å². The van der Waals surface area contributed by atoms with Crippen molar-refractivity contribution in [1.82, 2.24) is 0 Å². The maximum atomic E-state index is 11.0. The Labute approximate surface area is 131 Å². The van der Waals surface area contributed by atoms with E-state index in [9.17, 15) is 9.59 Å². The van der Waals surface area contributed by atoms with E-state index in [2.05, 4.69) is 17.2 Å². The number of hydrogen-bond acceptors (Lipinski definition) is 4. The van der Waals surface area contributed by atoms with Crippen molar-refractivity contribution in [3.05, 3.63) is 59.7 Å². The van der Waals surface area contributed by atoms with E-state index in [1.54, 1.807) is 24.3 Å². The van der Waals surface area contributed by atoms with Crippen LogP contribution in [0.15, 0.2) is 53.4 Å². The van der Waals surface area contributed by atoms with Crippen LogP contribution < -0.4 is 10.5 Å². The van der Waals surface area contributed by atoms with Crippen molar-refractivity contribution in [2.45, 2.75) is 4.90 Å². The van der Waals surface area contributed by atoms with Gasteiger partial charge in [-0.1, -0.05) is 11.8 Å². The number of carboxylic acid groups (broad SMARTS) is 1. The summed E-state index contributed by atoms with van der Waals surface area (Å²) in [6.07, 6.45) is 0. The lowest BCUT2D eigenvalue weighted by Gasteiger charge is -2.01. The molecule has 0 heterocycles. The number of hydrogen-bond donors (Lipinski definition) is 3. The standard InChI is InChI=1S/C16H12N2O3S/c17-22-14-9-5-12(6-10-14)2-1-11-3-7-13(8-4-11)18-15(19)16(20)21/h3-10H,17H2,(H,18,19)(H,20,21). The van der Waals surface area contributed by atoms with E-state index in [4.69, 9.17) is 10.2 Å². The second-order valence-corrected chi connectivity index (χ2v) is 4.94. The van der Waals surface area contributed by atoms with Gasteiger partial charge < -0.3 is 10.4 Å². The Morgan fingerprint density at radius 3 is 1.91 bits per heavy atom. The molecule has 1 amide bonds. The van der Waals surface area contributed by atoms with Gasteiger partial charge in [0.1, 0.15) is 0 Å². The van der Waals surface area contributed by atoms with Gasteiger partial charge >= 0.3 is 11.9 Å². The molecule has 2 rings (SSSR count). The number of carboxylic acids is 1. The lowest BCUT2D eigenvalue weighted by atomic mass is 10.1. The van der Waals surface area contributed by atoms with E-state index in [1.165, 1.54) is 11.9 Å². The van der Waals surface area contributed by atoms with E-state index in [-0.39, 0.29) is 0 Å². The summed E-state index contributed by atoms with van der Waals surface area (Å²) >= 11 is 1.18. The molecule has 2 aromatic rings. The lowest BCUT2D eigenvalue weighted by Crippen LogP contribution is -2.21. The summed E-state index contributed by atoms with van der Waals surface area (Å²) in [4.78, 5) is 22.4.